The molecular weight excluding hydrogens is 218 g/mol. The van der Waals surface area contributed by atoms with Crippen molar-refractivity contribution in [3.63, 3.8) is 0 Å². The van der Waals surface area contributed by atoms with Crippen LogP contribution in [0.2, 0.25) is 0 Å². The third-order valence-corrected chi connectivity index (χ3v) is 2.71. The van der Waals surface area contributed by atoms with E-state index in [1.807, 2.05) is 20.8 Å². The molecule has 0 aliphatic heterocycles. The van der Waals surface area contributed by atoms with E-state index in [1.165, 1.54) is 12.1 Å². The highest BCUT2D eigenvalue weighted by Crippen LogP contribution is 2.29. The highest BCUT2D eigenvalue weighted by molar-refractivity contribution is 5.41. The van der Waals surface area contributed by atoms with E-state index < -0.39 is 6.10 Å². The molecule has 1 aromatic carbocycles. The van der Waals surface area contributed by atoms with Gasteiger partial charge in [0.1, 0.15) is 0 Å². The van der Waals surface area contributed by atoms with Gasteiger partial charge in [0.05, 0.1) is 6.10 Å². The summed E-state index contributed by atoms with van der Waals surface area (Å²) < 4.78 is 0. The van der Waals surface area contributed by atoms with Gasteiger partial charge in [-0.2, -0.15) is 0 Å². The quantitative estimate of drug-likeness (QED) is 0.592. The first kappa shape index (κ1) is 13.8. The van der Waals surface area contributed by atoms with Crippen LogP contribution in [0.15, 0.2) is 18.2 Å². The number of phenols is 2. The van der Waals surface area contributed by atoms with Crippen molar-refractivity contribution in [3.05, 3.63) is 23.8 Å². The Labute approximate surface area is 102 Å². The van der Waals surface area contributed by atoms with Crippen LogP contribution < -0.4 is 5.32 Å². The van der Waals surface area contributed by atoms with Gasteiger partial charge in [-0.05, 0) is 24.1 Å². The van der Waals surface area contributed by atoms with Crippen molar-refractivity contribution in [1.82, 2.24) is 5.32 Å². The minimum atomic E-state index is -0.700. The first-order valence-electron chi connectivity index (χ1n) is 5.91. The first-order chi connectivity index (χ1) is 7.95. The molecule has 4 nitrogen and oxygen atoms in total. The van der Waals surface area contributed by atoms with Crippen LogP contribution in [0.1, 0.15) is 38.9 Å². The van der Waals surface area contributed by atoms with Gasteiger partial charge in [0.15, 0.2) is 11.5 Å². The second-order valence-corrected chi connectivity index (χ2v) is 4.53. The molecule has 0 saturated heterocycles. The highest BCUT2D eigenvalue weighted by Gasteiger charge is 2.20. The molecule has 2 atom stereocenters. The summed E-state index contributed by atoms with van der Waals surface area (Å²) in [6.45, 7) is 6.02. The smallest absolute Gasteiger partial charge is 0.157 e. The van der Waals surface area contributed by atoms with Crippen LogP contribution >= 0.6 is 0 Å². The molecule has 0 aromatic heterocycles. The Morgan fingerprint density at radius 2 is 1.82 bits per heavy atom. The second-order valence-electron chi connectivity index (χ2n) is 4.53. The summed E-state index contributed by atoms with van der Waals surface area (Å²) in [5.74, 6) is -0.383. The maximum Gasteiger partial charge on any atom is 0.157 e. The van der Waals surface area contributed by atoms with Crippen molar-refractivity contribution >= 4 is 0 Å². The third-order valence-electron chi connectivity index (χ3n) is 2.71. The Bertz CT molecular complexity index is 366. The molecule has 0 bridgehead atoms. The minimum Gasteiger partial charge on any atom is -0.504 e. The largest absolute Gasteiger partial charge is 0.504 e. The summed E-state index contributed by atoms with van der Waals surface area (Å²) in [5, 5.41) is 32.1. The van der Waals surface area contributed by atoms with Crippen LogP contribution in [0.4, 0.5) is 0 Å². The number of hydrogen-bond donors (Lipinski definition) is 4. The second kappa shape index (κ2) is 5.89. The van der Waals surface area contributed by atoms with E-state index in [4.69, 9.17) is 0 Å². The summed E-state index contributed by atoms with van der Waals surface area (Å²) in [5.41, 5.74) is 0.598. The van der Waals surface area contributed by atoms with Crippen LogP contribution in [-0.2, 0) is 0 Å². The van der Waals surface area contributed by atoms with Crippen LogP contribution in [-0.4, -0.2) is 27.4 Å². The number of nitrogens with one attached hydrogen (secondary N) is 1. The molecular formula is C13H21NO3. The molecule has 1 rings (SSSR count). The lowest BCUT2D eigenvalue weighted by Gasteiger charge is -2.25. The van der Waals surface area contributed by atoms with E-state index in [-0.39, 0.29) is 23.6 Å². The van der Waals surface area contributed by atoms with Crippen molar-refractivity contribution < 1.29 is 15.3 Å². The van der Waals surface area contributed by atoms with Gasteiger partial charge in [-0.25, -0.2) is 0 Å². The lowest BCUT2D eigenvalue weighted by Crippen LogP contribution is -2.38. The normalized spacial score (nSPS) is 14.9. The fraction of sp³-hybridized carbons (Fsp3) is 0.538. The molecule has 4 N–H and O–H groups in total. The Kier molecular flexibility index (Phi) is 4.78. The fourth-order valence-corrected chi connectivity index (χ4v) is 1.82. The van der Waals surface area contributed by atoms with Gasteiger partial charge in [-0.3, -0.25) is 0 Å². The SMILES string of the molecule is CC[C@@H](NC(C)C)[C@@H](O)c1ccc(O)c(O)c1. The fourth-order valence-electron chi connectivity index (χ4n) is 1.82. The maximum absolute atomic E-state index is 10.2. The minimum absolute atomic E-state index is 0.0704. The summed E-state index contributed by atoms with van der Waals surface area (Å²) >= 11 is 0. The molecule has 0 fully saturated rings. The molecule has 4 heteroatoms. The molecule has 96 valence electrons. The highest BCUT2D eigenvalue weighted by atomic mass is 16.3. The van der Waals surface area contributed by atoms with Gasteiger partial charge in [-0.15, -0.1) is 0 Å². The number of benzene rings is 1. The number of rotatable bonds is 5. The lowest BCUT2D eigenvalue weighted by molar-refractivity contribution is 0.121. The van der Waals surface area contributed by atoms with Gasteiger partial charge in [0.25, 0.3) is 0 Å². The van der Waals surface area contributed by atoms with E-state index in [9.17, 15) is 15.3 Å². The van der Waals surface area contributed by atoms with Gasteiger partial charge in [0.2, 0.25) is 0 Å². The van der Waals surface area contributed by atoms with E-state index in [0.717, 1.165) is 6.42 Å². The van der Waals surface area contributed by atoms with Crippen LogP contribution in [0.3, 0.4) is 0 Å². The standard InChI is InChI=1S/C13H21NO3/c1-4-10(14-8(2)3)13(17)9-5-6-11(15)12(16)7-9/h5-8,10,13-17H,4H2,1-3H3/t10-,13+/m1/s1. The molecule has 0 heterocycles. The Morgan fingerprint density at radius 3 is 2.29 bits per heavy atom. The van der Waals surface area contributed by atoms with Crippen molar-refractivity contribution in [1.29, 1.82) is 0 Å². The first-order valence-corrected chi connectivity index (χ1v) is 5.91. The Hall–Kier alpha value is -1.26. The van der Waals surface area contributed by atoms with Crippen molar-refractivity contribution in [2.24, 2.45) is 0 Å². The predicted octanol–water partition coefficient (Wildman–Crippen LogP) is 1.91. The molecule has 0 aliphatic carbocycles. The van der Waals surface area contributed by atoms with Crippen molar-refractivity contribution in [2.75, 3.05) is 0 Å². The summed E-state index contributed by atoms with van der Waals surface area (Å²) in [7, 11) is 0. The van der Waals surface area contributed by atoms with E-state index in [0.29, 0.717) is 5.56 Å². The molecule has 1 aromatic rings. The molecule has 0 saturated carbocycles. The lowest BCUT2D eigenvalue weighted by atomic mass is 9.99. The summed E-state index contributed by atoms with van der Waals surface area (Å²) in [6, 6.07) is 4.60. The Balaban J connectivity index is 2.85. The number of aliphatic hydroxyl groups is 1. The number of aliphatic hydroxyl groups excluding tert-OH is 1. The van der Waals surface area contributed by atoms with Crippen LogP contribution in [0.25, 0.3) is 0 Å². The average molecular weight is 239 g/mol. The van der Waals surface area contributed by atoms with Crippen molar-refractivity contribution in [2.45, 2.75) is 45.4 Å². The summed E-state index contributed by atoms with van der Waals surface area (Å²) in [4.78, 5) is 0. The third kappa shape index (κ3) is 3.61. The van der Waals surface area contributed by atoms with Gasteiger partial charge in [0, 0.05) is 12.1 Å². The molecule has 0 spiro atoms. The summed E-state index contributed by atoms with van der Waals surface area (Å²) in [6.07, 6.45) is 0.0787. The van der Waals surface area contributed by atoms with Crippen LogP contribution in [0, 0.1) is 0 Å². The topological polar surface area (TPSA) is 72.7 Å². The zero-order valence-corrected chi connectivity index (χ0v) is 10.5. The van der Waals surface area contributed by atoms with E-state index in [1.54, 1.807) is 6.07 Å². The number of phenolic OH excluding ortho intramolecular Hbond substituents is 2. The number of hydrogen-bond acceptors (Lipinski definition) is 4. The molecule has 0 unspecified atom stereocenters. The van der Waals surface area contributed by atoms with Crippen molar-refractivity contribution in [3.8, 4) is 11.5 Å². The van der Waals surface area contributed by atoms with Gasteiger partial charge >= 0.3 is 0 Å². The average Bonchev–Trinajstić information content (AvgIpc) is 2.28. The molecule has 17 heavy (non-hydrogen) atoms. The molecule has 0 aliphatic rings. The number of aromatic hydroxyl groups is 2. The monoisotopic (exact) mass is 239 g/mol. The zero-order valence-electron chi connectivity index (χ0n) is 10.5. The van der Waals surface area contributed by atoms with E-state index in [2.05, 4.69) is 5.32 Å². The molecule has 0 amide bonds. The van der Waals surface area contributed by atoms with Gasteiger partial charge in [-0.1, -0.05) is 26.8 Å². The molecule has 0 radical (unpaired) electrons. The van der Waals surface area contributed by atoms with Gasteiger partial charge < -0.3 is 20.6 Å². The van der Waals surface area contributed by atoms with E-state index >= 15 is 0 Å². The Morgan fingerprint density at radius 1 is 1.18 bits per heavy atom. The van der Waals surface area contributed by atoms with Crippen LogP contribution in [0.5, 0.6) is 11.5 Å². The zero-order chi connectivity index (χ0) is 13.0. The maximum atomic E-state index is 10.2. The predicted molar refractivity (Wildman–Crippen MR) is 67.1 cm³/mol.